The summed E-state index contributed by atoms with van der Waals surface area (Å²) in [4.78, 5) is 13.0. The Morgan fingerprint density at radius 1 is 1.15 bits per heavy atom. The molecule has 0 radical (unpaired) electrons. The van der Waals surface area contributed by atoms with Gasteiger partial charge in [0.25, 0.3) is 17.2 Å². The van der Waals surface area contributed by atoms with E-state index in [1.807, 2.05) is 28.8 Å². The highest BCUT2D eigenvalue weighted by Gasteiger charge is 2.52. The molecule has 0 amide bonds. The molecule has 140 valence electrons. The summed E-state index contributed by atoms with van der Waals surface area (Å²) in [6.45, 7) is 1.09. The Morgan fingerprint density at radius 2 is 1.93 bits per heavy atom. The molecule has 0 bridgehead atoms. The van der Waals surface area contributed by atoms with E-state index in [4.69, 9.17) is 0 Å². The molecular weight excluding hydrogens is 410 g/mol. The number of non-ortho nitro benzene ring substituents is 1. The maximum absolute atomic E-state index is 11.7. The second-order valence-electron chi connectivity index (χ2n) is 7.07. The first kappa shape index (κ1) is 18.1. The molecule has 1 N–H and O–H groups in total. The molecule has 27 heavy (non-hydrogen) atoms. The van der Waals surface area contributed by atoms with E-state index in [9.17, 15) is 15.2 Å². The first-order chi connectivity index (χ1) is 13.0. The van der Waals surface area contributed by atoms with Crippen LogP contribution in [0.5, 0.6) is 0 Å². The predicted octanol–water partition coefficient (Wildman–Crippen LogP) is 4.01. The fourth-order valence-electron chi connectivity index (χ4n) is 4.05. The van der Waals surface area contributed by atoms with Crippen LogP contribution in [-0.4, -0.2) is 33.5 Å². The Kier molecular flexibility index (Phi) is 4.74. The van der Waals surface area contributed by atoms with Crippen LogP contribution in [0.1, 0.15) is 31.2 Å². The molecule has 0 saturated heterocycles. The number of aliphatic hydroxyl groups is 1. The molecular formula is C20H21BrN3O3+. The third kappa shape index (κ3) is 3.26. The van der Waals surface area contributed by atoms with E-state index in [1.54, 1.807) is 12.1 Å². The molecule has 7 heteroatoms. The van der Waals surface area contributed by atoms with E-state index < -0.39 is 10.6 Å². The second kappa shape index (κ2) is 7.05. The zero-order chi connectivity index (χ0) is 19.0. The monoisotopic (exact) mass is 430 g/mol. The number of halogens is 1. The lowest BCUT2D eigenvalue weighted by Gasteiger charge is -2.23. The first-order valence-electron chi connectivity index (χ1n) is 9.13. The molecule has 0 spiro atoms. The largest absolute Gasteiger partial charge is 0.346 e. The molecule has 0 unspecified atom stereocenters. The molecule has 0 fully saturated rings. The van der Waals surface area contributed by atoms with E-state index in [0.29, 0.717) is 12.1 Å². The molecule has 2 heterocycles. The van der Waals surface area contributed by atoms with Gasteiger partial charge in [-0.3, -0.25) is 10.1 Å². The summed E-state index contributed by atoms with van der Waals surface area (Å²) in [6, 6.07) is 14.4. The van der Waals surface area contributed by atoms with E-state index in [1.165, 1.54) is 12.1 Å². The number of benzene rings is 2. The van der Waals surface area contributed by atoms with Crippen LogP contribution in [-0.2, 0) is 5.72 Å². The Hall–Kier alpha value is -2.25. The van der Waals surface area contributed by atoms with Crippen molar-refractivity contribution in [2.24, 2.45) is 0 Å². The third-order valence-corrected chi connectivity index (χ3v) is 5.92. The Bertz CT molecular complexity index is 913. The Labute approximate surface area is 166 Å². The van der Waals surface area contributed by atoms with Gasteiger partial charge in [0.2, 0.25) is 0 Å². The number of rotatable bonds is 3. The van der Waals surface area contributed by atoms with Gasteiger partial charge >= 0.3 is 0 Å². The molecule has 0 aromatic heterocycles. The Balaban J connectivity index is 1.81. The first-order valence-corrected chi connectivity index (χ1v) is 9.92. The van der Waals surface area contributed by atoms with Crippen LogP contribution in [0, 0.1) is 10.1 Å². The molecule has 6 nitrogen and oxygen atoms in total. The average Bonchev–Trinajstić information content (AvgIpc) is 2.83. The summed E-state index contributed by atoms with van der Waals surface area (Å²) in [5.41, 5.74) is 0.301. The average molecular weight is 431 g/mol. The number of hydrogen-bond acceptors (Lipinski definition) is 4. The minimum Gasteiger partial charge on any atom is -0.346 e. The normalized spacial score (nSPS) is 22.5. The summed E-state index contributed by atoms with van der Waals surface area (Å²) in [5.74, 6) is 1.09. The summed E-state index contributed by atoms with van der Waals surface area (Å²) in [6.07, 6.45) is 4.06. The summed E-state index contributed by atoms with van der Waals surface area (Å²) >= 11 is 3.47. The van der Waals surface area contributed by atoms with Crippen molar-refractivity contribution in [2.45, 2.75) is 31.4 Å². The van der Waals surface area contributed by atoms with Gasteiger partial charge in [-0.2, -0.15) is 0 Å². The van der Waals surface area contributed by atoms with Crippen LogP contribution in [0.3, 0.4) is 0 Å². The van der Waals surface area contributed by atoms with Gasteiger partial charge in [0, 0.05) is 28.6 Å². The van der Waals surface area contributed by atoms with Gasteiger partial charge < -0.3 is 5.11 Å². The summed E-state index contributed by atoms with van der Waals surface area (Å²) in [7, 11) is 0. The maximum atomic E-state index is 11.7. The summed E-state index contributed by atoms with van der Waals surface area (Å²) in [5, 5.41) is 22.9. The van der Waals surface area contributed by atoms with Gasteiger partial charge in [-0.05, 0) is 43.5 Å². The molecule has 1 atom stereocenters. The fourth-order valence-corrected chi connectivity index (χ4v) is 4.31. The SMILES string of the molecule is O=[N+]([O-])c1cccc([C@@]2(O)CN(c3ccc(Br)cc3)C3=[N+]2CCCCC3)c1. The lowest BCUT2D eigenvalue weighted by Crippen LogP contribution is -2.41. The van der Waals surface area contributed by atoms with Gasteiger partial charge in [0.05, 0.1) is 11.5 Å². The van der Waals surface area contributed by atoms with Crippen molar-refractivity contribution in [1.29, 1.82) is 0 Å². The lowest BCUT2D eigenvalue weighted by molar-refractivity contribution is -0.658. The number of hydrogen-bond donors (Lipinski definition) is 1. The van der Waals surface area contributed by atoms with Crippen LogP contribution in [0.4, 0.5) is 11.4 Å². The number of amidine groups is 1. The molecule has 2 aliphatic heterocycles. The van der Waals surface area contributed by atoms with Gasteiger partial charge in [0.1, 0.15) is 5.69 Å². The van der Waals surface area contributed by atoms with Gasteiger partial charge in [0.15, 0.2) is 6.54 Å². The van der Waals surface area contributed by atoms with Crippen molar-refractivity contribution in [1.82, 2.24) is 0 Å². The van der Waals surface area contributed by atoms with Crippen molar-refractivity contribution in [3.63, 3.8) is 0 Å². The number of nitrogens with zero attached hydrogens (tertiary/aromatic N) is 3. The Morgan fingerprint density at radius 3 is 2.67 bits per heavy atom. The van der Waals surface area contributed by atoms with Crippen molar-refractivity contribution < 1.29 is 14.6 Å². The molecule has 0 aliphatic carbocycles. The topological polar surface area (TPSA) is 69.6 Å². The molecule has 2 aromatic carbocycles. The predicted molar refractivity (Wildman–Crippen MR) is 107 cm³/mol. The van der Waals surface area contributed by atoms with Crippen LogP contribution in [0.25, 0.3) is 0 Å². The van der Waals surface area contributed by atoms with Crippen molar-refractivity contribution in [2.75, 3.05) is 18.0 Å². The van der Waals surface area contributed by atoms with E-state index >= 15 is 0 Å². The third-order valence-electron chi connectivity index (χ3n) is 5.39. The number of nitro benzene ring substituents is 1. The van der Waals surface area contributed by atoms with Crippen molar-refractivity contribution >= 4 is 33.1 Å². The van der Waals surface area contributed by atoms with E-state index in [0.717, 1.165) is 48.2 Å². The minimum absolute atomic E-state index is 0.000566. The smallest absolute Gasteiger partial charge is 0.271 e. The quantitative estimate of drug-likeness (QED) is 0.453. The zero-order valence-electron chi connectivity index (χ0n) is 14.8. The molecule has 2 aliphatic rings. The van der Waals surface area contributed by atoms with Crippen LogP contribution >= 0.6 is 15.9 Å². The summed E-state index contributed by atoms with van der Waals surface area (Å²) < 4.78 is 3.04. The van der Waals surface area contributed by atoms with Gasteiger partial charge in [-0.1, -0.05) is 28.1 Å². The molecule has 0 saturated carbocycles. The van der Waals surface area contributed by atoms with Gasteiger partial charge in [-0.25, -0.2) is 9.48 Å². The second-order valence-corrected chi connectivity index (χ2v) is 7.98. The molecule has 4 rings (SSSR count). The molecule has 2 aromatic rings. The highest BCUT2D eigenvalue weighted by molar-refractivity contribution is 9.10. The highest BCUT2D eigenvalue weighted by Crippen LogP contribution is 2.36. The lowest BCUT2D eigenvalue weighted by atomic mass is 10.0. The number of anilines is 1. The zero-order valence-corrected chi connectivity index (χ0v) is 16.4. The van der Waals surface area contributed by atoms with Gasteiger partial charge in [-0.15, -0.1) is 0 Å². The standard InChI is InChI=1S/C20H21BrN3O3/c21-16-8-10-17(11-9-16)22-14-20(25,23-12-3-1-2-7-19(22)23)15-5-4-6-18(13-15)24(26)27/h4-6,8-11,13,25H,1-3,7,12,14H2/q+1/t20-/m0/s1. The van der Waals surface area contributed by atoms with E-state index in [2.05, 4.69) is 20.8 Å². The van der Waals surface area contributed by atoms with E-state index in [-0.39, 0.29) is 5.69 Å². The maximum Gasteiger partial charge on any atom is 0.271 e. The van der Waals surface area contributed by atoms with Crippen molar-refractivity contribution in [3.05, 3.63) is 68.7 Å². The minimum atomic E-state index is -1.28. The number of nitro groups is 1. The van der Waals surface area contributed by atoms with Crippen LogP contribution in [0.2, 0.25) is 0 Å². The van der Waals surface area contributed by atoms with Crippen molar-refractivity contribution in [3.8, 4) is 0 Å². The highest BCUT2D eigenvalue weighted by atomic mass is 79.9. The van der Waals surface area contributed by atoms with Crippen LogP contribution in [0.15, 0.2) is 53.0 Å². The number of β-amino-alcohol motifs (C(OH)–C–C–N with tert-alkyl or cyclic N) is 1. The fraction of sp³-hybridized carbons (Fsp3) is 0.350. The van der Waals surface area contributed by atoms with Crippen LogP contribution < -0.4 is 4.90 Å².